The van der Waals surface area contributed by atoms with Crippen LogP contribution >= 0.6 is 0 Å². The van der Waals surface area contributed by atoms with Crippen LogP contribution in [0.4, 0.5) is 0 Å². The van der Waals surface area contributed by atoms with Crippen molar-refractivity contribution in [1.29, 1.82) is 0 Å². The third kappa shape index (κ3) is 4.58. The van der Waals surface area contributed by atoms with Crippen molar-refractivity contribution < 1.29 is 9.53 Å². The maximum atomic E-state index is 12.0. The Morgan fingerprint density at radius 1 is 1.18 bits per heavy atom. The van der Waals surface area contributed by atoms with E-state index in [2.05, 4.69) is 30.2 Å². The Morgan fingerprint density at radius 3 is 2.68 bits per heavy atom. The maximum absolute atomic E-state index is 12.0. The van der Waals surface area contributed by atoms with Gasteiger partial charge in [-0.2, -0.15) is 0 Å². The second-order valence-corrected chi connectivity index (χ2v) is 5.56. The van der Waals surface area contributed by atoms with E-state index in [1.807, 2.05) is 43.3 Å². The number of benzene rings is 1. The average molecular weight is 298 g/mol. The minimum atomic E-state index is -0.159. The van der Waals surface area contributed by atoms with Crippen molar-refractivity contribution in [2.45, 2.75) is 32.7 Å². The molecule has 4 nitrogen and oxygen atoms in total. The van der Waals surface area contributed by atoms with Crippen molar-refractivity contribution in [3.05, 3.63) is 59.9 Å². The number of ether oxygens (including phenoxy) is 1. The quantitative estimate of drug-likeness (QED) is 0.888. The molecule has 1 heterocycles. The Morgan fingerprint density at radius 2 is 2.00 bits per heavy atom. The number of amides is 1. The van der Waals surface area contributed by atoms with Crippen LogP contribution in [0.25, 0.3) is 0 Å². The number of pyridine rings is 1. The first-order valence-electron chi connectivity index (χ1n) is 7.49. The van der Waals surface area contributed by atoms with Gasteiger partial charge in [0, 0.05) is 6.20 Å². The third-order valence-electron chi connectivity index (χ3n) is 3.40. The van der Waals surface area contributed by atoms with Gasteiger partial charge in [-0.3, -0.25) is 9.78 Å². The highest BCUT2D eigenvalue weighted by molar-refractivity contribution is 5.77. The van der Waals surface area contributed by atoms with E-state index in [4.69, 9.17) is 4.74 Å². The Bertz CT molecular complexity index is 611. The van der Waals surface area contributed by atoms with Crippen LogP contribution in [-0.2, 0) is 4.79 Å². The van der Waals surface area contributed by atoms with E-state index < -0.39 is 0 Å². The van der Waals surface area contributed by atoms with Crippen LogP contribution in [0.15, 0.2) is 48.7 Å². The summed E-state index contributed by atoms with van der Waals surface area (Å²) in [5, 5.41) is 2.88. The lowest BCUT2D eigenvalue weighted by atomic mass is 10.0. The van der Waals surface area contributed by atoms with Gasteiger partial charge in [0.25, 0.3) is 5.91 Å². The molecule has 0 aliphatic carbocycles. The number of aromatic nitrogens is 1. The lowest BCUT2D eigenvalue weighted by Gasteiger charge is -2.14. The molecule has 0 aliphatic rings. The average Bonchev–Trinajstić information content (AvgIpc) is 2.54. The number of carbonyl (C=O) groups excluding carboxylic acids is 1. The molecule has 0 bridgehead atoms. The Labute approximate surface area is 131 Å². The molecule has 0 saturated heterocycles. The van der Waals surface area contributed by atoms with Gasteiger partial charge < -0.3 is 10.1 Å². The fourth-order valence-corrected chi connectivity index (χ4v) is 2.10. The van der Waals surface area contributed by atoms with E-state index in [9.17, 15) is 4.79 Å². The van der Waals surface area contributed by atoms with Gasteiger partial charge in [-0.05, 0) is 42.7 Å². The number of nitrogens with zero attached hydrogens (tertiary/aromatic N) is 1. The van der Waals surface area contributed by atoms with Crippen LogP contribution < -0.4 is 10.1 Å². The molecule has 1 amide bonds. The molecule has 4 heteroatoms. The molecule has 0 saturated carbocycles. The SMILES string of the molecule is CC(C)c1cccc(OCC(=O)NC(C)c2ccccn2)c1. The van der Waals surface area contributed by atoms with Gasteiger partial charge in [-0.15, -0.1) is 0 Å². The summed E-state index contributed by atoms with van der Waals surface area (Å²) in [7, 11) is 0. The summed E-state index contributed by atoms with van der Waals surface area (Å²) in [5.41, 5.74) is 2.03. The third-order valence-corrected chi connectivity index (χ3v) is 3.40. The lowest BCUT2D eigenvalue weighted by molar-refractivity contribution is -0.123. The highest BCUT2D eigenvalue weighted by Crippen LogP contribution is 2.20. The Kier molecular flexibility index (Phi) is 5.53. The summed E-state index contributed by atoms with van der Waals surface area (Å²) in [6.07, 6.45) is 1.71. The zero-order valence-corrected chi connectivity index (χ0v) is 13.2. The molecule has 1 atom stereocenters. The Balaban J connectivity index is 1.86. The highest BCUT2D eigenvalue weighted by Gasteiger charge is 2.11. The monoisotopic (exact) mass is 298 g/mol. The maximum Gasteiger partial charge on any atom is 0.258 e. The summed E-state index contributed by atoms with van der Waals surface area (Å²) in [6.45, 7) is 6.15. The standard InChI is InChI=1S/C18H22N2O2/c1-13(2)15-7-6-8-16(11-15)22-12-18(21)20-14(3)17-9-4-5-10-19-17/h4-11,13-14H,12H2,1-3H3,(H,20,21). The topological polar surface area (TPSA) is 51.2 Å². The fourth-order valence-electron chi connectivity index (χ4n) is 2.10. The summed E-state index contributed by atoms with van der Waals surface area (Å²) >= 11 is 0. The summed E-state index contributed by atoms with van der Waals surface area (Å²) in [5.74, 6) is 0.987. The van der Waals surface area contributed by atoms with Crippen LogP contribution in [0.5, 0.6) is 5.75 Å². The van der Waals surface area contributed by atoms with Gasteiger partial charge in [0.05, 0.1) is 11.7 Å². The van der Waals surface area contributed by atoms with Gasteiger partial charge in [0.15, 0.2) is 6.61 Å². The molecule has 116 valence electrons. The smallest absolute Gasteiger partial charge is 0.258 e. The van der Waals surface area contributed by atoms with Gasteiger partial charge in [-0.1, -0.05) is 32.0 Å². The highest BCUT2D eigenvalue weighted by atomic mass is 16.5. The number of hydrogen-bond donors (Lipinski definition) is 1. The molecule has 0 fully saturated rings. The van der Waals surface area contributed by atoms with Gasteiger partial charge >= 0.3 is 0 Å². The van der Waals surface area contributed by atoms with Crippen LogP contribution in [0.2, 0.25) is 0 Å². The molecular weight excluding hydrogens is 276 g/mol. The first kappa shape index (κ1) is 16.0. The van der Waals surface area contributed by atoms with Crippen molar-refractivity contribution in [3.63, 3.8) is 0 Å². The van der Waals surface area contributed by atoms with E-state index in [-0.39, 0.29) is 18.6 Å². The molecule has 1 aromatic heterocycles. The molecule has 1 N–H and O–H groups in total. The molecule has 22 heavy (non-hydrogen) atoms. The van der Waals surface area contributed by atoms with Crippen LogP contribution in [0, 0.1) is 0 Å². The molecule has 1 unspecified atom stereocenters. The molecule has 0 radical (unpaired) electrons. The molecule has 0 aliphatic heterocycles. The van der Waals surface area contributed by atoms with Gasteiger partial charge in [-0.25, -0.2) is 0 Å². The van der Waals surface area contributed by atoms with E-state index in [0.717, 1.165) is 5.69 Å². The molecule has 2 rings (SSSR count). The Hall–Kier alpha value is -2.36. The van der Waals surface area contributed by atoms with Crippen molar-refractivity contribution in [2.24, 2.45) is 0 Å². The zero-order chi connectivity index (χ0) is 15.9. The molecule has 2 aromatic rings. The van der Waals surface area contributed by atoms with Crippen molar-refractivity contribution in [3.8, 4) is 5.75 Å². The molecule has 1 aromatic carbocycles. The van der Waals surface area contributed by atoms with Crippen LogP contribution in [0.1, 0.15) is 44.0 Å². The van der Waals surface area contributed by atoms with Gasteiger partial charge in [0.2, 0.25) is 0 Å². The number of nitrogens with one attached hydrogen (secondary N) is 1. The first-order chi connectivity index (χ1) is 10.6. The second-order valence-electron chi connectivity index (χ2n) is 5.56. The zero-order valence-electron chi connectivity index (χ0n) is 13.2. The minimum absolute atomic E-state index is 0.00127. The first-order valence-corrected chi connectivity index (χ1v) is 7.49. The van der Waals surface area contributed by atoms with Crippen molar-refractivity contribution in [2.75, 3.05) is 6.61 Å². The van der Waals surface area contributed by atoms with Crippen molar-refractivity contribution in [1.82, 2.24) is 10.3 Å². The number of carbonyl (C=O) groups is 1. The van der Waals surface area contributed by atoms with E-state index >= 15 is 0 Å². The van der Waals surface area contributed by atoms with E-state index in [0.29, 0.717) is 11.7 Å². The minimum Gasteiger partial charge on any atom is -0.484 e. The molecule has 0 spiro atoms. The lowest BCUT2D eigenvalue weighted by Crippen LogP contribution is -2.31. The molecular formula is C18H22N2O2. The summed E-state index contributed by atoms with van der Waals surface area (Å²) in [4.78, 5) is 16.2. The van der Waals surface area contributed by atoms with Crippen LogP contribution in [0.3, 0.4) is 0 Å². The predicted octanol–water partition coefficient (Wildman–Crippen LogP) is 3.46. The van der Waals surface area contributed by atoms with E-state index in [1.54, 1.807) is 6.20 Å². The summed E-state index contributed by atoms with van der Waals surface area (Å²) in [6, 6.07) is 13.3. The van der Waals surface area contributed by atoms with Gasteiger partial charge in [0.1, 0.15) is 5.75 Å². The number of rotatable bonds is 6. The van der Waals surface area contributed by atoms with E-state index in [1.165, 1.54) is 5.56 Å². The largest absolute Gasteiger partial charge is 0.484 e. The van der Waals surface area contributed by atoms with Crippen molar-refractivity contribution >= 4 is 5.91 Å². The second kappa shape index (κ2) is 7.59. The fraction of sp³-hybridized carbons (Fsp3) is 0.333. The summed E-state index contributed by atoms with van der Waals surface area (Å²) < 4.78 is 5.56. The van der Waals surface area contributed by atoms with Crippen LogP contribution in [-0.4, -0.2) is 17.5 Å². The predicted molar refractivity (Wildman–Crippen MR) is 86.8 cm³/mol. The number of hydrogen-bond acceptors (Lipinski definition) is 3. The normalized spacial score (nSPS) is 12.0.